The molecular formula is C11H22N2O2S. The Morgan fingerprint density at radius 3 is 2.88 bits per heavy atom. The van der Waals surface area contributed by atoms with Gasteiger partial charge in [0.2, 0.25) is 5.91 Å². The zero-order chi connectivity index (χ0) is 12.0. The first-order valence-electron chi connectivity index (χ1n) is 5.97. The number of carbonyl (C=O) groups excluding carboxylic acids is 1. The molecule has 1 aliphatic rings. The van der Waals surface area contributed by atoms with Gasteiger partial charge in [-0.3, -0.25) is 14.3 Å². The first-order valence-corrected chi connectivity index (χ1v) is 7.70. The van der Waals surface area contributed by atoms with E-state index < -0.39 is 10.8 Å². The Morgan fingerprint density at radius 2 is 2.25 bits per heavy atom. The standard InChI is InChI=1S/C11H22N2O2S/c1-3-4-6-10-11(14)13(9-12-10)7-5-8-16(2)15/h10,12H,3-9H2,1-2H3. The van der Waals surface area contributed by atoms with Crippen LogP contribution in [0.3, 0.4) is 0 Å². The molecule has 4 nitrogen and oxygen atoms in total. The summed E-state index contributed by atoms with van der Waals surface area (Å²) in [6.45, 7) is 3.52. The normalized spacial score (nSPS) is 22.8. The Balaban J connectivity index is 2.25. The number of amides is 1. The Labute approximate surface area is 100 Å². The Bertz CT molecular complexity index is 258. The second kappa shape index (κ2) is 7.01. The van der Waals surface area contributed by atoms with E-state index in [-0.39, 0.29) is 11.9 Å². The van der Waals surface area contributed by atoms with Crippen molar-refractivity contribution in [3.05, 3.63) is 0 Å². The van der Waals surface area contributed by atoms with Crippen molar-refractivity contribution in [3.63, 3.8) is 0 Å². The van der Waals surface area contributed by atoms with Crippen LogP contribution in [0.15, 0.2) is 0 Å². The third-order valence-corrected chi connectivity index (χ3v) is 3.71. The molecule has 0 radical (unpaired) electrons. The SMILES string of the molecule is CCCCC1NCN(CCCS(C)=O)C1=O. The minimum Gasteiger partial charge on any atom is -0.329 e. The average molecular weight is 246 g/mol. The first-order chi connectivity index (χ1) is 7.65. The molecule has 94 valence electrons. The number of carbonyl (C=O) groups is 1. The molecule has 1 rings (SSSR count). The number of nitrogens with zero attached hydrogens (tertiary/aromatic N) is 1. The minimum atomic E-state index is -0.749. The Hall–Kier alpha value is -0.420. The van der Waals surface area contributed by atoms with Crippen molar-refractivity contribution >= 4 is 16.7 Å². The van der Waals surface area contributed by atoms with E-state index in [2.05, 4.69) is 12.2 Å². The van der Waals surface area contributed by atoms with Gasteiger partial charge in [0.15, 0.2) is 0 Å². The molecule has 1 saturated heterocycles. The molecule has 0 bridgehead atoms. The number of hydrogen-bond acceptors (Lipinski definition) is 3. The number of hydrogen-bond donors (Lipinski definition) is 1. The Morgan fingerprint density at radius 1 is 1.50 bits per heavy atom. The van der Waals surface area contributed by atoms with Crippen LogP contribution >= 0.6 is 0 Å². The van der Waals surface area contributed by atoms with E-state index in [0.29, 0.717) is 12.4 Å². The zero-order valence-electron chi connectivity index (χ0n) is 10.2. The van der Waals surface area contributed by atoms with Crippen LogP contribution in [0.4, 0.5) is 0 Å². The largest absolute Gasteiger partial charge is 0.329 e. The van der Waals surface area contributed by atoms with E-state index in [1.54, 1.807) is 6.26 Å². The van der Waals surface area contributed by atoms with Gasteiger partial charge in [-0.2, -0.15) is 0 Å². The smallest absolute Gasteiger partial charge is 0.240 e. The lowest BCUT2D eigenvalue weighted by atomic mass is 10.1. The lowest BCUT2D eigenvalue weighted by molar-refractivity contribution is -0.129. The van der Waals surface area contributed by atoms with Crippen LogP contribution in [0.25, 0.3) is 0 Å². The van der Waals surface area contributed by atoms with Gasteiger partial charge in [0.1, 0.15) is 0 Å². The van der Waals surface area contributed by atoms with Gasteiger partial charge in [0, 0.05) is 29.4 Å². The van der Waals surface area contributed by atoms with Gasteiger partial charge in [-0.15, -0.1) is 0 Å². The van der Waals surface area contributed by atoms with E-state index in [0.717, 1.165) is 32.2 Å². The van der Waals surface area contributed by atoms with Gasteiger partial charge in [0.05, 0.1) is 12.7 Å². The van der Waals surface area contributed by atoms with E-state index in [9.17, 15) is 9.00 Å². The van der Waals surface area contributed by atoms with Crippen LogP contribution in [-0.4, -0.2) is 46.3 Å². The van der Waals surface area contributed by atoms with Gasteiger partial charge in [-0.1, -0.05) is 19.8 Å². The van der Waals surface area contributed by atoms with Gasteiger partial charge in [-0.05, 0) is 12.8 Å². The fourth-order valence-corrected chi connectivity index (χ4v) is 2.42. The molecule has 0 aromatic carbocycles. The summed E-state index contributed by atoms with van der Waals surface area (Å²) in [5.74, 6) is 0.902. The summed E-state index contributed by atoms with van der Waals surface area (Å²) in [6, 6.07) is 0.0204. The van der Waals surface area contributed by atoms with Crippen molar-refractivity contribution < 1.29 is 9.00 Å². The van der Waals surface area contributed by atoms with Crippen molar-refractivity contribution in [2.24, 2.45) is 0 Å². The maximum Gasteiger partial charge on any atom is 0.240 e. The highest BCUT2D eigenvalue weighted by molar-refractivity contribution is 7.84. The molecule has 0 spiro atoms. The maximum absolute atomic E-state index is 11.9. The molecule has 16 heavy (non-hydrogen) atoms. The molecular weight excluding hydrogens is 224 g/mol. The highest BCUT2D eigenvalue weighted by Crippen LogP contribution is 2.10. The average Bonchev–Trinajstić information content (AvgIpc) is 2.57. The van der Waals surface area contributed by atoms with Crippen LogP contribution in [-0.2, 0) is 15.6 Å². The fourth-order valence-electron chi connectivity index (χ4n) is 1.89. The summed E-state index contributed by atoms with van der Waals surface area (Å²) in [7, 11) is -0.749. The van der Waals surface area contributed by atoms with E-state index in [1.165, 1.54) is 0 Å². The maximum atomic E-state index is 11.9. The monoisotopic (exact) mass is 246 g/mol. The second-order valence-corrected chi connectivity index (χ2v) is 5.84. The molecule has 1 fully saturated rings. The predicted molar refractivity (Wildman–Crippen MR) is 66.6 cm³/mol. The number of unbranched alkanes of at least 4 members (excludes halogenated alkanes) is 1. The molecule has 2 atom stereocenters. The summed E-state index contributed by atoms with van der Waals surface area (Å²) in [4.78, 5) is 13.7. The highest BCUT2D eigenvalue weighted by atomic mass is 32.2. The molecule has 0 aromatic heterocycles. The zero-order valence-corrected chi connectivity index (χ0v) is 11.0. The predicted octanol–water partition coefficient (Wildman–Crippen LogP) is 0.703. The molecule has 0 aliphatic carbocycles. The molecule has 0 saturated carbocycles. The van der Waals surface area contributed by atoms with Crippen LogP contribution in [0, 0.1) is 0 Å². The van der Waals surface area contributed by atoms with E-state index in [1.807, 2.05) is 4.90 Å². The lowest BCUT2D eigenvalue weighted by Crippen LogP contribution is -2.31. The van der Waals surface area contributed by atoms with Crippen molar-refractivity contribution in [1.29, 1.82) is 0 Å². The van der Waals surface area contributed by atoms with Crippen molar-refractivity contribution in [2.45, 2.75) is 38.6 Å². The van der Waals surface area contributed by atoms with E-state index >= 15 is 0 Å². The Kier molecular flexibility index (Phi) is 5.98. The van der Waals surface area contributed by atoms with Gasteiger partial charge in [0.25, 0.3) is 0 Å². The summed E-state index contributed by atoms with van der Waals surface area (Å²) in [5, 5.41) is 3.23. The summed E-state index contributed by atoms with van der Waals surface area (Å²) < 4.78 is 10.9. The topological polar surface area (TPSA) is 49.4 Å². The quantitative estimate of drug-likeness (QED) is 0.719. The molecule has 2 unspecified atom stereocenters. The highest BCUT2D eigenvalue weighted by Gasteiger charge is 2.29. The van der Waals surface area contributed by atoms with Crippen molar-refractivity contribution in [1.82, 2.24) is 10.2 Å². The van der Waals surface area contributed by atoms with Crippen LogP contribution in [0.2, 0.25) is 0 Å². The van der Waals surface area contributed by atoms with Gasteiger partial charge < -0.3 is 4.90 Å². The summed E-state index contributed by atoms with van der Waals surface area (Å²) in [6.07, 6.45) is 5.69. The molecule has 0 aromatic rings. The van der Waals surface area contributed by atoms with E-state index in [4.69, 9.17) is 0 Å². The minimum absolute atomic E-state index is 0.0204. The third kappa shape index (κ3) is 4.22. The third-order valence-electron chi connectivity index (χ3n) is 2.84. The molecule has 5 heteroatoms. The molecule has 1 N–H and O–H groups in total. The number of nitrogens with one attached hydrogen (secondary N) is 1. The summed E-state index contributed by atoms with van der Waals surface area (Å²) >= 11 is 0. The fraction of sp³-hybridized carbons (Fsp3) is 0.909. The molecule has 1 heterocycles. The van der Waals surface area contributed by atoms with Crippen LogP contribution < -0.4 is 5.32 Å². The summed E-state index contributed by atoms with van der Waals surface area (Å²) in [5.41, 5.74) is 0. The van der Waals surface area contributed by atoms with Crippen LogP contribution in [0.5, 0.6) is 0 Å². The second-order valence-electron chi connectivity index (χ2n) is 4.29. The first kappa shape index (κ1) is 13.6. The molecule has 1 amide bonds. The molecule has 1 aliphatic heterocycles. The van der Waals surface area contributed by atoms with Gasteiger partial charge >= 0.3 is 0 Å². The van der Waals surface area contributed by atoms with Gasteiger partial charge in [-0.25, -0.2) is 0 Å². The lowest BCUT2D eigenvalue weighted by Gasteiger charge is -2.14. The number of rotatable bonds is 7. The van der Waals surface area contributed by atoms with Crippen LogP contribution in [0.1, 0.15) is 32.6 Å². The van der Waals surface area contributed by atoms with Crippen molar-refractivity contribution in [3.8, 4) is 0 Å². The van der Waals surface area contributed by atoms with Crippen molar-refractivity contribution in [2.75, 3.05) is 25.2 Å².